The van der Waals surface area contributed by atoms with E-state index in [-0.39, 0.29) is 0 Å². The van der Waals surface area contributed by atoms with Gasteiger partial charge < -0.3 is 19.0 Å². The Labute approximate surface area is 148 Å². The lowest BCUT2D eigenvalue weighted by atomic mass is 9.95. The molecule has 1 saturated heterocycles. The van der Waals surface area contributed by atoms with E-state index in [1.54, 1.807) is 14.2 Å². The highest BCUT2D eigenvalue weighted by Crippen LogP contribution is 2.34. The Balaban J connectivity index is 1.85. The molecular weight excluding hydrogens is 320 g/mol. The SMILES string of the molecule is COc1ccc(OC)c(-c2nc(CN3CCC[C@](C)(O)C3)c(C)o2)c1. The molecule has 25 heavy (non-hydrogen) atoms. The zero-order chi connectivity index (χ0) is 18.0. The lowest BCUT2D eigenvalue weighted by Gasteiger charge is -2.36. The van der Waals surface area contributed by atoms with Crippen LogP contribution in [-0.2, 0) is 6.54 Å². The molecule has 136 valence electrons. The summed E-state index contributed by atoms with van der Waals surface area (Å²) >= 11 is 0. The van der Waals surface area contributed by atoms with Crippen molar-refractivity contribution in [2.75, 3.05) is 27.3 Å². The Morgan fingerprint density at radius 3 is 2.80 bits per heavy atom. The quantitative estimate of drug-likeness (QED) is 0.898. The number of β-amino-alcohol motifs (C(OH)–C–C–N with tert-alkyl or cyclic N) is 1. The van der Waals surface area contributed by atoms with Crippen molar-refractivity contribution in [1.82, 2.24) is 9.88 Å². The topological polar surface area (TPSA) is 68.0 Å². The van der Waals surface area contributed by atoms with E-state index in [2.05, 4.69) is 9.88 Å². The molecule has 0 unspecified atom stereocenters. The summed E-state index contributed by atoms with van der Waals surface area (Å²) in [7, 11) is 3.25. The first-order valence-electron chi connectivity index (χ1n) is 8.55. The van der Waals surface area contributed by atoms with E-state index < -0.39 is 5.60 Å². The van der Waals surface area contributed by atoms with Gasteiger partial charge in [0.25, 0.3) is 0 Å². The molecule has 3 rings (SSSR count). The molecule has 6 nitrogen and oxygen atoms in total. The maximum Gasteiger partial charge on any atom is 0.230 e. The summed E-state index contributed by atoms with van der Waals surface area (Å²) in [5, 5.41) is 10.3. The van der Waals surface area contributed by atoms with Gasteiger partial charge in [-0.25, -0.2) is 4.98 Å². The predicted molar refractivity (Wildman–Crippen MR) is 94.9 cm³/mol. The average Bonchev–Trinajstić information content (AvgIpc) is 2.94. The standard InChI is InChI=1S/C19H26N2O4/c1-13-16(11-21-9-5-8-19(2,22)12-21)20-18(25-13)15-10-14(23-3)6-7-17(15)24-4/h6-7,10,22H,5,8-9,11-12H2,1-4H3/t19-/m0/s1. The summed E-state index contributed by atoms with van der Waals surface area (Å²) in [6.45, 7) is 6.08. The van der Waals surface area contributed by atoms with Crippen LogP contribution in [0.5, 0.6) is 11.5 Å². The number of aromatic nitrogens is 1. The summed E-state index contributed by atoms with van der Waals surface area (Å²) in [4.78, 5) is 6.90. The molecule has 0 amide bonds. The third-order valence-corrected chi connectivity index (χ3v) is 4.66. The fourth-order valence-corrected chi connectivity index (χ4v) is 3.34. The maximum absolute atomic E-state index is 10.3. The molecule has 1 aliphatic rings. The van der Waals surface area contributed by atoms with E-state index >= 15 is 0 Å². The van der Waals surface area contributed by atoms with Crippen molar-refractivity contribution in [3.63, 3.8) is 0 Å². The molecule has 1 N–H and O–H groups in total. The van der Waals surface area contributed by atoms with Crippen LogP contribution in [0.2, 0.25) is 0 Å². The largest absolute Gasteiger partial charge is 0.497 e. The number of piperidine rings is 1. The van der Waals surface area contributed by atoms with Crippen molar-refractivity contribution in [3.8, 4) is 23.0 Å². The highest BCUT2D eigenvalue weighted by atomic mass is 16.5. The fraction of sp³-hybridized carbons (Fsp3) is 0.526. The number of nitrogens with zero attached hydrogens (tertiary/aromatic N) is 2. The molecule has 1 atom stereocenters. The molecule has 1 aliphatic heterocycles. The van der Waals surface area contributed by atoms with Gasteiger partial charge in [0.05, 0.1) is 31.1 Å². The lowest BCUT2D eigenvalue weighted by Crippen LogP contribution is -2.45. The van der Waals surface area contributed by atoms with Crippen LogP contribution in [0.3, 0.4) is 0 Å². The number of likely N-dealkylation sites (tertiary alicyclic amines) is 1. The number of hydrogen-bond donors (Lipinski definition) is 1. The van der Waals surface area contributed by atoms with Crippen molar-refractivity contribution in [1.29, 1.82) is 0 Å². The van der Waals surface area contributed by atoms with Gasteiger partial charge in [0.15, 0.2) is 0 Å². The smallest absolute Gasteiger partial charge is 0.230 e. The van der Waals surface area contributed by atoms with E-state index in [9.17, 15) is 5.11 Å². The van der Waals surface area contributed by atoms with Crippen molar-refractivity contribution in [2.45, 2.75) is 38.8 Å². The minimum absolute atomic E-state index is 0.520. The van der Waals surface area contributed by atoms with Crippen molar-refractivity contribution in [3.05, 3.63) is 29.7 Å². The van der Waals surface area contributed by atoms with Gasteiger partial charge in [0.1, 0.15) is 17.3 Å². The van der Waals surface area contributed by atoms with E-state index in [4.69, 9.17) is 13.9 Å². The monoisotopic (exact) mass is 346 g/mol. The third-order valence-electron chi connectivity index (χ3n) is 4.66. The Bertz CT molecular complexity index is 739. The number of rotatable bonds is 5. The number of hydrogen-bond acceptors (Lipinski definition) is 6. The first-order chi connectivity index (χ1) is 11.9. The lowest BCUT2D eigenvalue weighted by molar-refractivity contribution is -0.0185. The first kappa shape index (κ1) is 17.8. The van der Waals surface area contributed by atoms with Gasteiger partial charge in [-0.05, 0) is 51.4 Å². The van der Waals surface area contributed by atoms with Crippen LogP contribution in [0.25, 0.3) is 11.5 Å². The maximum atomic E-state index is 10.3. The van der Waals surface area contributed by atoms with E-state index in [1.165, 1.54) is 0 Å². The zero-order valence-corrected chi connectivity index (χ0v) is 15.3. The molecule has 0 spiro atoms. The molecule has 0 bridgehead atoms. The second kappa shape index (κ2) is 7.06. The van der Waals surface area contributed by atoms with E-state index in [0.717, 1.165) is 42.2 Å². The van der Waals surface area contributed by atoms with Crippen LogP contribution in [0.15, 0.2) is 22.6 Å². The van der Waals surface area contributed by atoms with Crippen LogP contribution < -0.4 is 9.47 Å². The van der Waals surface area contributed by atoms with Crippen LogP contribution in [0.4, 0.5) is 0 Å². The van der Waals surface area contributed by atoms with E-state index in [0.29, 0.717) is 24.7 Å². The number of ether oxygens (including phenoxy) is 2. The average molecular weight is 346 g/mol. The molecule has 1 fully saturated rings. The molecule has 2 aromatic rings. The van der Waals surface area contributed by atoms with Gasteiger partial charge in [0, 0.05) is 13.1 Å². The highest BCUT2D eigenvalue weighted by Gasteiger charge is 2.29. The van der Waals surface area contributed by atoms with Crippen LogP contribution in [0.1, 0.15) is 31.2 Å². The molecule has 0 saturated carbocycles. The first-order valence-corrected chi connectivity index (χ1v) is 8.55. The number of aryl methyl sites for hydroxylation is 1. The molecule has 0 aliphatic carbocycles. The molecule has 2 heterocycles. The van der Waals surface area contributed by atoms with Crippen LogP contribution in [-0.4, -0.2) is 47.9 Å². The van der Waals surface area contributed by atoms with Crippen LogP contribution in [0, 0.1) is 6.92 Å². The minimum Gasteiger partial charge on any atom is -0.497 e. The van der Waals surface area contributed by atoms with Gasteiger partial charge in [-0.3, -0.25) is 4.90 Å². The van der Waals surface area contributed by atoms with Crippen molar-refractivity contribution in [2.24, 2.45) is 0 Å². The Kier molecular flexibility index (Phi) is 5.01. The Morgan fingerprint density at radius 1 is 1.32 bits per heavy atom. The molecular formula is C19H26N2O4. The van der Waals surface area contributed by atoms with Crippen LogP contribution >= 0.6 is 0 Å². The third kappa shape index (κ3) is 3.96. The summed E-state index contributed by atoms with van der Waals surface area (Å²) in [6, 6.07) is 5.55. The zero-order valence-electron chi connectivity index (χ0n) is 15.3. The summed E-state index contributed by atoms with van der Waals surface area (Å²) in [5.41, 5.74) is 1.02. The Hall–Kier alpha value is -2.05. The van der Waals surface area contributed by atoms with Gasteiger partial charge in [0.2, 0.25) is 5.89 Å². The predicted octanol–water partition coefficient (Wildman–Crippen LogP) is 3.01. The number of benzene rings is 1. The summed E-state index contributed by atoms with van der Waals surface area (Å²) in [5.74, 6) is 2.71. The highest BCUT2D eigenvalue weighted by molar-refractivity contribution is 5.65. The van der Waals surface area contributed by atoms with Crippen molar-refractivity contribution < 1.29 is 19.0 Å². The fourth-order valence-electron chi connectivity index (χ4n) is 3.34. The van der Waals surface area contributed by atoms with Gasteiger partial charge in [-0.1, -0.05) is 0 Å². The molecule has 1 aromatic carbocycles. The molecule has 0 radical (unpaired) electrons. The molecule has 1 aromatic heterocycles. The number of oxazole rings is 1. The summed E-state index contributed by atoms with van der Waals surface area (Å²) in [6.07, 6.45) is 1.83. The normalized spacial score (nSPS) is 21.3. The van der Waals surface area contributed by atoms with E-state index in [1.807, 2.05) is 32.0 Å². The number of methoxy groups -OCH3 is 2. The van der Waals surface area contributed by atoms with Crippen molar-refractivity contribution >= 4 is 0 Å². The summed E-state index contributed by atoms with van der Waals surface area (Å²) < 4.78 is 16.6. The second-order valence-corrected chi connectivity index (χ2v) is 6.90. The molecule has 6 heteroatoms. The van der Waals surface area contributed by atoms with Gasteiger partial charge >= 0.3 is 0 Å². The van der Waals surface area contributed by atoms with Gasteiger partial charge in [-0.2, -0.15) is 0 Å². The number of aliphatic hydroxyl groups is 1. The van der Waals surface area contributed by atoms with Gasteiger partial charge in [-0.15, -0.1) is 0 Å². The Morgan fingerprint density at radius 2 is 2.12 bits per heavy atom. The minimum atomic E-state index is -0.630. The second-order valence-electron chi connectivity index (χ2n) is 6.90.